The molecule has 1 amide bonds. The van der Waals surface area contributed by atoms with Crippen molar-refractivity contribution in [2.75, 3.05) is 0 Å². The number of nitrogens with one attached hydrogen (secondary N) is 1. The van der Waals surface area contributed by atoms with Crippen molar-refractivity contribution in [1.29, 1.82) is 0 Å². The van der Waals surface area contributed by atoms with Crippen molar-refractivity contribution >= 4 is 11.6 Å². The van der Waals surface area contributed by atoms with Crippen LogP contribution in [-0.4, -0.2) is 22.0 Å². The fourth-order valence-corrected chi connectivity index (χ4v) is 1.59. The molecule has 19 heavy (non-hydrogen) atoms. The van der Waals surface area contributed by atoms with Gasteiger partial charge < -0.3 is 10.4 Å². The highest BCUT2D eigenvalue weighted by atomic mass is 16.6. The smallest absolute Gasteiger partial charge is 0.282 e. The Bertz CT molecular complexity index is 534. The zero-order valence-corrected chi connectivity index (χ0v) is 10.4. The molecule has 1 rings (SSSR count). The zero-order chi connectivity index (χ0) is 14.4. The van der Waals surface area contributed by atoms with E-state index in [0.717, 1.165) is 24.6 Å². The number of benzene rings is 1. The molecule has 0 aliphatic carbocycles. The molecule has 100 valence electrons. The van der Waals surface area contributed by atoms with E-state index in [1.165, 1.54) is 0 Å². The van der Waals surface area contributed by atoms with E-state index >= 15 is 0 Å². The molecule has 1 unspecified atom stereocenters. The number of hydrogen-bond donors (Lipinski definition) is 2. The molecule has 0 fully saturated rings. The van der Waals surface area contributed by atoms with Crippen molar-refractivity contribution in [1.82, 2.24) is 5.32 Å². The van der Waals surface area contributed by atoms with E-state index in [1.54, 1.807) is 0 Å². The number of amides is 1. The summed E-state index contributed by atoms with van der Waals surface area (Å²) in [6.45, 7) is 1.91. The SMILES string of the molecule is C#CC(CCC)NC(=O)c1cc(O)ccc1[N+](=O)[O-]. The first-order valence-corrected chi connectivity index (χ1v) is 5.74. The fourth-order valence-electron chi connectivity index (χ4n) is 1.59. The maximum Gasteiger partial charge on any atom is 0.282 e. The molecular formula is C13H14N2O4. The van der Waals surface area contributed by atoms with Gasteiger partial charge in [-0.15, -0.1) is 6.42 Å². The first-order valence-electron chi connectivity index (χ1n) is 5.74. The van der Waals surface area contributed by atoms with Gasteiger partial charge in [0.05, 0.1) is 11.0 Å². The second kappa shape index (κ2) is 6.40. The van der Waals surface area contributed by atoms with Crippen molar-refractivity contribution < 1.29 is 14.8 Å². The number of hydrogen-bond acceptors (Lipinski definition) is 4. The lowest BCUT2D eigenvalue weighted by atomic mass is 10.1. The van der Waals surface area contributed by atoms with Crippen LogP contribution in [0.15, 0.2) is 18.2 Å². The molecule has 0 saturated carbocycles. The Balaban J connectivity index is 3.02. The molecule has 1 atom stereocenters. The van der Waals surface area contributed by atoms with E-state index in [0.29, 0.717) is 6.42 Å². The van der Waals surface area contributed by atoms with E-state index in [-0.39, 0.29) is 17.0 Å². The van der Waals surface area contributed by atoms with Crippen LogP contribution >= 0.6 is 0 Å². The maximum absolute atomic E-state index is 11.9. The summed E-state index contributed by atoms with van der Waals surface area (Å²) < 4.78 is 0. The summed E-state index contributed by atoms with van der Waals surface area (Å²) in [5, 5.41) is 22.7. The molecule has 0 radical (unpaired) electrons. The van der Waals surface area contributed by atoms with Crippen molar-refractivity contribution in [3.05, 3.63) is 33.9 Å². The van der Waals surface area contributed by atoms with Gasteiger partial charge in [0.25, 0.3) is 11.6 Å². The lowest BCUT2D eigenvalue weighted by molar-refractivity contribution is -0.385. The lowest BCUT2D eigenvalue weighted by Crippen LogP contribution is -2.33. The van der Waals surface area contributed by atoms with Gasteiger partial charge in [0.1, 0.15) is 11.3 Å². The second-order valence-electron chi connectivity index (χ2n) is 3.94. The molecular weight excluding hydrogens is 248 g/mol. The van der Waals surface area contributed by atoms with Crippen molar-refractivity contribution in [3.8, 4) is 18.1 Å². The molecule has 0 aromatic heterocycles. The van der Waals surface area contributed by atoms with E-state index in [2.05, 4.69) is 11.2 Å². The molecule has 0 aliphatic rings. The normalized spacial score (nSPS) is 11.4. The molecule has 0 aliphatic heterocycles. The molecule has 6 heteroatoms. The average molecular weight is 262 g/mol. The molecule has 2 N–H and O–H groups in total. The van der Waals surface area contributed by atoms with Gasteiger partial charge in [0.2, 0.25) is 0 Å². The summed E-state index contributed by atoms with van der Waals surface area (Å²) in [7, 11) is 0. The lowest BCUT2D eigenvalue weighted by Gasteiger charge is -2.12. The molecule has 1 aromatic carbocycles. The zero-order valence-electron chi connectivity index (χ0n) is 10.4. The molecule has 0 saturated heterocycles. The Hall–Kier alpha value is -2.55. The summed E-state index contributed by atoms with van der Waals surface area (Å²) in [5.74, 6) is 1.52. The molecule has 0 spiro atoms. The third kappa shape index (κ3) is 3.71. The van der Waals surface area contributed by atoms with Crippen LogP contribution in [0.4, 0.5) is 5.69 Å². The average Bonchev–Trinajstić information content (AvgIpc) is 2.37. The van der Waals surface area contributed by atoms with E-state index in [4.69, 9.17) is 6.42 Å². The largest absolute Gasteiger partial charge is 0.508 e. The number of carbonyl (C=O) groups excluding carboxylic acids is 1. The molecule has 1 aromatic rings. The minimum Gasteiger partial charge on any atom is -0.508 e. The first-order chi connectivity index (χ1) is 8.99. The highest BCUT2D eigenvalue weighted by Crippen LogP contribution is 2.23. The monoisotopic (exact) mass is 262 g/mol. The van der Waals surface area contributed by atoms with Gasteiger partial charge in [-0.25, -0.2) is 0 Å². The highest BCUT2D eigenvalue weighted by Gasteiger charge is 2.22. The van der Waals surface area contributed by atoms with E-state index in [9.17, 15) is 20.0 Å². The van der Waals surface area contributed by atoms with Crippen LogP contribution in [-0.2, 0) is 0 Å². The summed E-state index contributed by atoms with van der Waals surface area (Å²) >= 11 is 0. The van der Waals surface area contributed by atoms with Gasteiger partial charge in [-0.05, 0) is 18.6 Å². The fraction of sp³-hybridized carbons (Fsp3) is 0.308. The number of nitrogens with zero attached hydrogens (tertiary/aromatic N) is 1. The summed E-state index contributed by atoms with van der Waals surface area (Å²) in [4.78, 5) is 22.1. The number of nitro benzene ring substituents is 1. The van der Waals surface area contributed by atoms with E-state index < -0.39 is 16.9 Å². The summed E-state index contributed by atoms with van der Waals surface area (Å²) in [6.07, 6.45) is 6.62. The third-order valence-corrected chi connectivity index (χ3v) is 2.51. The number of phenols is 1. The van der Waals surface area contributed by atoms with Crippen LogP contribution in [0.5, 0.6) is 5.75 Å². The van der Waals surface area contributed by atoms with Crippen LogP contribution in [0.2, 0.25) is 0 Å². The Labute approximate surface area is 110 Å². The number of carbonyl (C=O) groups is 1. The van der Waals surface area contributed by atoms with Crippen LogP contribution in [0.1, 0.15) is 30.1 Å². The third-order valence-electron chi connectivity index (χ3n) is 2.51. The van der Waals surface area contributed by atoms with Gasteiger partial charge >= 0.3 is 0 Å². The topological polar surface area (TPSA) is 92.5 Å². The van der Waals surface area contributed by atoms with Gasteiger partial charge in [0.15, 0.2) is 0 Å². The highest BCUT2D eigenvalue weighted by molar-refractivity contribution is 5.98. The van der Waals surface area contributed by atoms with Crippen LogP contribution in [0.3, 0.4) is 0 Å². The van der Waals surface area contributed by atoms with Crippen LogP contribution < -0.4 is 5.32 Å². The predicted octanol–water partition coefficient (Wildman–Crippen LogP) is 1.83. The number of phenolic OH excluding ortho intramolecular Hbond substituents is 1. The Morgan fingerprint density at radius 1 is 1.63 bits per heavy atom. The van der Waals surface area contributed by atoms with Crippen LogP contribution in [0, 0.1) is 22.5 Å². The predicted molar refractivity (Wildman–Crippen MR) is 69.8 cm³/mol. The molecule has 6 nitrogen and oxygen atoms in total. The van der Waals surface area contributed by atoms with Gasteiger partial charge in [0, 0.05) is 6.07 Å². The maximum atomic E-state index is 11.9. The van der Waals surface area contributed by atoms with Gasteiger partial charge in [-0.1, -0.05) is 19.3 Å². The van der Waals surface area contributed by atoms with Crippen LogP contribution in [0.25, 0.3) is 0 Å². The second-order valence-corrected chi connectivity index (χ2v) is 3.94. The summed E-state index contributed by atoms with van der Waals surface area (Å²) in [6, 6.07) is 2.79. The first kappa shape index (κ1) is 14.5. The number of nitro groups is 1. The molecule has 0 bridgehead atoms. The Morgan fingerprint density at radius 3 is 2.84 bits per heavy atom. The minimum absolute atomic E-state index is 0.207. The Morgan fingerprint density at radius 2 is 2.32 bits per heavy atom. The van der Waals surface area contributed by atoms with E-state index in [1.807, 2.05) is 6.92 Å². The number of aromatic hydroxyl groups is 1. The van der Waals surface area contributed by atoms with Gasteiger partial charge in [-0.3, -0.25) is 14.9 Å². The minimum atomic E-state index is -0.681. The van der Waals surface area contributed by atoms with Crippen molar-refractivity contribution in [2.24, 2.45) is 0 Å². The number of rotatable bonds is 5. The van der Waals surface area contributed by atoms with Gasteiger partial charge in [-0.2, -0.15) is 0 Å². The van der Waals surface area contributed by atoms with Crippen molar-refractivity contribution in [3.63, 3.8) is 0 Å². The standard InChI is InChI=1S/C13H14N2O4/c1-3-5-9(4-2)14-13(17)11-8-10(16)6-7-12(11)15(18)19/h2,6-9,16H,3,5H2,1H3,(H,14,17). The van der Waals surface area contributed by atoms with Crippen molar-refractivity contribution in [2.45, 2.75) is 25.8 Å². The Kier molecular flexibility index (Phi) is 4.89. The quantitative estimate of drug-likeness (QED) is 0.481. The molecule has 0 heterocycles. The summed E-state index contributed by atoms with van der Waals surface area (Å²) in [5.41, 5.74) is -0.580. The number of terminal acetylenes is 1.